The number of aliphatic hydroxyl groups excluding tert-OH is 1. The van der Waals surface area contributed by atoms with E-state index in [9.17, 15) is 24.6 Å². The molecule has 2 rings (SSSR count). The number of carboxylic acids is 1. The molecule has 0 spiro atoms. The predicted molar refractivity (Wildman–Crippen MR) is 73.6 cm³/mol. The molecule has 2 aliphatic rings. The fourth-order valence-corrected chi connectivity index (χ4v) is 3.95. The van der Waals surface area contributed by atoms with Crippen molar-refractivity contribution in [2.24, 2.45) is 5.92 Å². The zero-order valence-electron chi connectivity index (χ0n) is 13.0. The standard InChI is InChI=1S/C13H18N2O5S.Na/c1-4-21-11-8(14-6(3)17)9-7(5(2)16)12(18)15(9)10(11)13(19)20;/h5,7-9,16H,4H2,1-3H3,(H,14,17)(H,19,20);/q;+1/p-1/t5?,7?,8?,9-;/m1./s1. The molecule has 0 aliphatic carbocycles. The van der Waals surface area contributed by atoms with E-state index in [0.717, 1.165) is 4.90 Å². The van der Waals surface area contributed by atoms with Gasteiger partial charge in [-0.15, -0.1) is 11.8 Å². The third-order valence-corrected chi connectivity index (χ3v) is 4.71. The molecule has 22 heavy (non-hydrogen) atoms. The molecule has 3 unspecified atom stereocenters. The molecule has 4 atom stereocenters. The van der Waals surface area contributed by atoms with Crippen LogP contribution < -0.4 is 40.0 Å². The summed E-state index contributed by atoms with van der Waals surface area (Å²) in [6, 6.07) is -1.18. The maximum Gasteiger partial charge on any atom is 1.00 e. The average Bonchev–Trinajstić information content (AvgIpc) is 2.60. The third kappa shape index (κ3) is 3.07. The molecule has 0 aromatic rings. The second kappa shape index (κ2) is 7.35. The van der Waals surface area contributed by atoms with Gasteiger partial charge < -0.3 is 25.2 Å². The first kappa shape index (κ1) is 19.5. The summed E-state index contributed by atoms with van der Waals surface area (Å²) in [5.74, 6) is -2.34. The molecule has 2 aliphatic heterocycles. The summed E-state index contributed by atoms with van der Waals surface area (Å²) >= 11 is 1.26. The van der Waals surface area contributed by atoms with Crippen molar-refractivity contribution in [1.29, 1.82) is 0 Å². The molecule has 0 bridgehead atoms. The van der Waals surface area contributed by atoms with Crippen LogP contribution >= 0.6 is 11.8 Å². The quantitative estimate of drug-likeness (QED) is 0.386. The van der Waals surface area contributed by atoms with Crippen molar-refractivity contribution in [3.63, 3.8) is 0 Å². The van der Waals surface area contributed by atoms with Crippen LogP contribution in [0.5, 0.6) is 0 Å². The SMILES string of the molecule is CCSC1=C(C(=O)[O-])N2C(=O)C(C(C)O)[C@@H]2C1NC(C)=O.[Na+]. The number of fused-ring (bicyclic) bond motifs is 1. The molecule has 116 valence electrons. The fraction of sp³-hybridized carbons (Fsp3) is 0.615. The number of β-lactam (4-membered cyclic amide) rings is 1. The molecule has 2 amide bonds. The summed E-state index contributed by atoms with van der Waals surface area (Å²) in [4.78, 5) is 36.4. The van der Waals surface area contributed by atoms with E-state index in [4.69, 9.17) is 0 Å². The van der Waals surface area contributed by atoms with Crippen molar-refractivity contribution < 1.29 is 54.2 Å². The number of carbonyl (C=O) groups is 3. The van der Waals surface area contributed by atoms with Gasteiger partial charge in [0.15, 0.2) is 0 Å². The van der Waals surface area contributed by atoms with Crippen molar-refractivity contribution in [3.05, 3.63) is 10.6 Å². The number of rotatable bonds is 5. The topological polar surface area (TPSA) is 110 Å². The van der Waals surface area contributed by atoms with E-state index in [-0.39, 0.29) is 41.2 Å². The summed E-state index contributed by atoms with van der Waals surface area (Å²) in [5.41, 5.74) is -0.188. The largest absolute Gasteiger partial charge is 1.00 e. The number of hydrogen-bond acceptors (Lipinski definition) is 6. The van der Waals surface area contributed by atoms with Crippen molar-refractivity contribution in [3.8, 4) is 0 Å². The van der Waals surface area contributed by atoms with Crippen LogP contribution in [-0.4, -0.2) is 51.7 Å². The van der Waals surface area contributed by atoms with Crippen LogP contribution in [0.4, 0.5) is 0 Å². The number of thioether (sulfide) groups is 1. The summed E-state index contributed by atoms with van der Waals surface area (Å²) in [6.45, 7) is 4.65. The van der Waals surface area contributed by atoms with Gasteiger partial charge in [0, 0.05) is 11.8 Å². The normalized spacial score (nSPS) is 27.7. The first-order valence-electron chi connectivity index (χ1n) is 6.67. The summed E-state index contributed by atoms with van der Waals surface area (Å²) < 4.78 is 0. The van der Waals surface area contributed by atoms with Crippen molar-refractivity contribution >= 4 is 29.5 Å². The fourth-order valence-electron chi connectivity index (χ4n) is 2.94. The molecule has 7 nitrogen and oxygen atoms in total. The Morgan fingerprint density at radius 2 is 2.09 bits per heavy atom. The van der Waals surface area contributed by atoms with Gasteiger partial charge in [0.25, 0.3) is 0 Å². The first-order valence-corrected chi connectivity index (χ1v) is 7.66. The zero-order valence-corrected chi connectivity index (χ0v) is 15.8. The van der Waals surface area contributed by atoms with Gasteiger partial charge in [-0.05, 0) is 12.7 Å². The Kier molecular flexibility index (Phi) is 6.52. The van der Waals surface area contributed by atoms with Crippen molar-refractivity contribution in [2.75, 3.05) is 5.75 Å². The molecule has 0 aromatic heterocycles. The summed E-state index contributed by atoms with van der Waals surface area (Å²) in [6.07, 6.45) is -0.913. The Hall–Kier alpha value is -0.540. The third-order valence-electron chi connectivity index (χ3n) is 3.66. The van der Waals surface area contributed by atoms with Crippen LogP contribution in [0.3, 0.4) is 0 Å². The summed E-state index contributed by atoms with van der Waals surface area (Å²) in [7, 11) is 0. The Bertz CT molecular complexity index is 537. The number of carbonyl (C=O) groups excluding carboxylic acids is 3. The minimum atomic E-state index is -1.44. The van der Waals surface area contributed by atoms with Crippen LogP contribution in [0, 0.1) is 5.92 Å². The molecular weight excluding hydrogens is 319 g/mol. The Labute approximate surface area is 154 Å². The number of nitrogens with zero attached hydrogens (tertiary/aromatic N) is 1. The van der Waals surface area contributed by atoms with E-state index in [2.05, 4.69) is 5.32 Å². The number of carboxylic acid groups (broad SMARTS) is 1. The predicted octanol–water partition coefficient (Wildman–Crippen LogP) is -4.57. The molecule has 2 heterocycles. The zero-order chi connectivity index (χ0) is 15.9. The second-order valence-electron chi connectivity index (χ2n) is 5.08. The van der Waals surface area contributed by atoms with E-state index < -0.39 is 36.0 Å². The van der Waals surface area contributed by atoms with Crippen LogP contribution in [0.25, 0.3) is 0 Å². The second-order valence-corrected chi connectivity index (χ2v) is 6.38. The van der Waals surface area contributed by atoms with Gasteiger partial charge >= 0.3 is 29.6 Å². The molecule has 1 fully saturated rings. The van der Waals surface area contributed by atoms with Crippen LogP contribution in [0.15, 0.2) is 10.6 Å². The molecule has 9 heteroatoms. The smallest absolute Gasteiger partial charge is 0.543 e. The molecule has 0 saturated carbocycles. The molecule has 1 saturated heterocycles. The van der Waals surface area contributed by atoms with E-state index in [1.54, 1.807) is 0 Å². The molecule has 2 N–H and O–H groups in total. The minimum Gasteiger partial charge on any atom is -0.543 e. The van der Waals surface area contributed by atoms with Gasteiger partial charge in [-0.1, -0.05) is 6.92 Å². The van der Waals surface area contributed by atoms with Crippen molar-refractivity contribution in [1.82, 2.24) is 10.2 Å². The van der Waals surface area contributed by atoms with E-state index in [1.807, 2.05) is 6.92 Å². The monoisotopic (exact) mass is 336 g/mol. The van der Waals surface area contributed by atoms with Gasteiger partial charge in [0.05, 0.1) is 35.8 Å². The van der Waals surface area contributed by atoms with Gasteiger partial charge in [0.1, 0.15) is 0 Å². The molecular formula is C13H17N2NaO5S. The van der Waals surface area contributed by atoms with E-state index >= 15 is 0 Å². The average molecular weight is 336 g/mol. The van der Waals surface area contributed by atoms with E-state index in [0.29, 0.717) is 10.7 Å². The van der Waals surface area contributed by atoms with Crippen molar-refractivity contribution in [2.45, 2.75) is 39.0 Å². The van der Waals surface area contributed by atoms with Crippen LogP contribution in [-0.2, 0) is 14.4 Å². The minimum absolute atomic E-state index is 0. The Morgan fingerprint density at radius 1 is 1.50 bits per heavy atom. The molecule has 0 aromatic carbocycles. The van der Waals surface area contributed by atoms with Crippen LogP contribution in [0.2, 0.25) is 0 Å². The van der Waals surface area contributed by atoms with Gasteiger partial charge in [0.2, 0.25) is 11.8 Å². The number of hydrogen-bond donors (Lipinski definition) is 2. The maximum absolute atomic E-state index is 12.1. The number of amides is 2. The summed E-state index contributed by atoms with van der Waals surface area (Å²) in [5, 5.41) is 23.8. The van der Waals surface area contributed by atoms with Crippen LogP contribution in [0.1, 0.15) is 20.8 Å². The van der Waals surface area contributed by atoms with Gasteiger partial charge in [-0.3, -0.25) is 9.59 Å². The number of aliphatic carboxylic acids is 1. The number of nitrogens with one attached hydrogen (secondary N) is 1. The first-order chi connectivity index (χ1) is 9.81. The number of aliphatic hydroxyl groups is 1. The Morgan fingerprint density at radius 3 is 2.50 bits per heavy atom. The van der Waals surface area contributed by atoms with Gasteiger partial charge in [-0.25, -0.2) is 0 Å². The van der Waals surface area contributed by atoms with Gasteiger partial charge in [-0.2, -0.15) is 0 Å². The maximum atomic E-state index is 12.1. The Balaban J connectivity index is 0.00000242. The molecule has 0 radical (unpaired) electrons. The van der Waals surface area contributed by atoms with E-state index in [1.165, 1.54) is 25.6 Å².